The first-order chi connectivity index (χ1) is 11.0. The van der Waals surface area contributed by atoms with Crippen molar-refractivity contribution in [2.75, 3.05) is 42.3 Å². The molecule has 0 amide bonds. The molecule has 2 aromatic rings. The summed E-state index contributed by atoms with van der Waals surface area (Å²) in [5.41, 5.74) is 0. The summed E-state index contributed by atoms with van der Waals surface area (Å²) in [5.74, 6) is 1.71. The first kappa shape index (κ1) is 15.9. The first-order valence-corrected chi connectivity index (χ1v) is 8.14. The van der Waals surface area contributed by atoms with Crippen molar-refractivity contribution < 1.29 is 4.39 Å². The summed E-state index contributed by atoms with van der Waals surface area (Å²) in [7, 11) is 3.87. The van der Waals surface area contributed by atoms with Crippen LogP contribution in [-0.4, -0.2) is 48.2 Å². The third-order valence-electron chi connectivity index (χ3n) is 3.74. The second-order valence-electron chi connectivity index (χ2n) is 5.69. The fourth-order valence-electron chi connectivity index (χ4n) is 2.59. The molecule has 3 heterocycles. The van der Waals surface area contributed by atoms with Crippen molar-refractivity contribution in [1.82, 2.24) is 15.0 Å². The van der Waals surface area contributed by atoms with Crippen molar-refractivity contribution in [2.45, 2.75) is 12.5 Å². The van der Waals surface area contributed by atoms with E-state index in [1.54, 1.807) is 12.5 Å². The van der Waals surface area contributed by atoms with E-state index in [-0.39, 0.29) is 11.9 Å². The Morgan fingerprint density at radius 1 is 1.30 bits per heavy atom. The highest BCUT2D eigenvalue weighted by atomic mass is 79.9. The number of halogens is 2. The van der Waals surface area contributed by atoms with Gasteiger partial charge in [0.1, 0.15) is 18.0 Å². The van der Waals surface area contributed by atoms with Crippen LogP contribution in [0.25, 0.3) is 0 Å². The molecular weight excluding hydrogens is 363 g/mol. The molecule has 0 saturated carbocycles. The van der Waals surface area contributed by atoms with Crippen molar-refractivity contribution in [3.05, 3.63) is 34.9 Å². The molecule has 0 radical (unpaired) electrons. The van der Waals surface area contributed by atoms with E-state index in [0.717, 1.165) is 24.6 Å². The van der Waals surface area contributed by atoms with Crippen LogP contribution in [0, 0.1) is 5.82 Å². The van der Waals surface area contributed by atoms with Gasteiger partial charge >= 0.3 is 0 Å². The highest BCUT2D eigenvalue weighted by Gasteiger charge is 2.25. The number of hydrogen-bond donors (Lipinski definition) is 1. The van der Waals surface area contributed by atoms with Crippen LogP contribution >= 0.6 is 15.9 Å². The van der Waals surface area contributed by atoms with Gasteiger partial charge in [-0.3, -0.25) is 0 Å². The molecule has 1 fully saturated rings. The smallest absolute Gasteiger partial charge is 0.166 e. The summed E-state index contributed by atoms with van der Waals surface area (Å²) in [6, 6.07) is 3.54. The van der Waals surface area contributed by atoms with E-state index in [4.69, 9.17) is 0 Å². The van der Waals surface area contributed by atoms with Gasteiger partial charge in [-0.2, -0.15) is 0 Å². The molecule has 0 aliphatic carbocycles. The van der Waals surface area contributed by atoms with Gasteiger partial charge in [-0.1, -0.05) is 0 Å². The molecule has 2 aromatic heterocycles. The summed E-state index contributed by atoms with van der Waals surface area (Å²) >= 11 is 3.23. The molecule has 1 aliphatic rings. The summed E-state index contributed by atoms with van der Waals surface area (Å²) in [6.07, 6.45) is 4.06. The van der Waals surface area contributed by atoms with Crippen LogP contribution in [0.1, 0.15) is 6.42 Å². The lowest BCUT2D eigenvalue weighted by atomic mass is 10.2. The van der Waals surface area contributed by atoms with E-state index >= 15 is 0 Å². The van der Waals surface area contributed by atoms with Crippen molar-refractivity contribution in [3.8, 4) is 0 Å². The van der Waals surface area contributed by atoms with E-state index in [2.05, 4.69) is 36.2 Å². The first-order valence-electron chi connectivity index (χ1n) is 7.35. The van der Waals surface area contributed by atoms with E-state index in [1.807, 2.05) is 30.0 Å². The van der Waals surface area contributed by atoms with Crippen molar-refractivity contribution >= 4 is 33.4 Å². The molecule has 0 aromatic carbocycles. The SMILES string of the molecule is CN(C)c1cc(NC2CCN(c3ncc(Br)cc3F)C2)ncn1. The number of anilines is 3. The molecule has 8 heteroatoms. The van der Waals surface area contributed by atoms with Crippen LogP contribution in [0.3, 0.4) is 0 Å². The molecular formula is C15H18BrFN6. The Bertz CT molecular complexity index is 695. The maximum Gasteiger partial charge on any atom is 0.166 e. The van der Waals surface area contributed by atoms with Crippen LogP contribution in [0.4, 0.5) is 21.8 Å². The minimum absolute atomic E-state index is 0.199. The molecule has 122 valence electrons. The molecule has 0 bridgehead atoms. The van der Waals surface area contributed by atoms with Gasteiger partial charge in [-0.15, -0.1) is 0 Å². The number of nitrogens with zero attached hydrogens (tertiary/aromatic N) is 5. The van der Waals surface area contributed by atoms with Crippen molar-refractivity contribution in [3.63, 3.8) is 0 Å². The quantitative estimate of drug-likeness (QED) is 0.879. The predicted octanol–water partition coefficient (Wildman–Crippen LogP) is 2.53. The van der Waals surface area contributed by atoms with E-state index in [0.29, 0.717) is 16.8 Å². The molecule has 1 N–H and O–H groups in total. The summed E-state index contributed by atoms with van der Waals surface area (Å²) < 4.78 is 14.7. The molecule has 1 atom stereocenters. The summed E-state index contributed by atoms with van der Waals surface area (Å²) in [5, 5.41) is 3.39. The normalized spacial score (nSPS) is 17.4. The largest absolute Gasteiger partial charge is 0.365 e. The zero-order valence-corrected chi connectivity index (χ0v) is 14.6. The van der Waals surface area contributed by atoms with Crippen LogP contribution in [0.2, 0.25) is 0 Å². The van der Waals surface area contributed by atoms with Gasteiger partial charge in [0.2, 0.25) is 0 Å². The number of aromatic nitrogens is 3. The molecule has 1 saturated heterocycles. The third-order valence-corrected chi connectivity index (χ3v) is 4.17. The summed E-state index contributed by atoms with van der Waals surface area (Å²) in [6.45, 7) is 1.45. The van der Waals surface area contributed by atoms with Gasteiger partial charge in [0.25, 0.3) is 0 Å². The average Bonchev–Trinajstić information content (AvgIpc) is 2.95. The highest BCUT2D eigenvalue weighted by Crippen LogP contribution is 2.25. The van der Waals surface area contributed by atoms with Crippen molar-refractivity contribution in [2.24, 2.45) is 0 Å². The maximum atomic E-state index is 14.0. The minimum Gasteiger partial charge on any atom is -0.365 e. The number of nitrogens with one attached hydrogen (secondary N) is 1. The van der Waals surface area contributed by atoms with Gasteiger partial charge in [0.05, 0.1) is 0 Å². The van der Waals surface area contributed by atoms with Crippen LogP contribution in [0.5, 0.6) is 0 Å². The minimum atomic E-state index is -0.308. The Labute approximate surface area is 142 Å². The maximum absolute atomic E-state index is 14.0. The fraction of sp³-hybridized carbons (Fsp3) is 0.400. The van der Waals surface area contributed by atoms with Gasteiger partial charge in [-0.05, 0) is 28.4 Å². The lowest BCUT2D eigenvalue weighted by Gasteiger charge is -2.19. The second kappa shape index (κ2) is 6.66. The Balaban J connectivity index is 1.67. The lowest BCUT2D eigenvalue weighted by Crippen LogP contribution is -2.27. The zero-order valence-electron chi connectivity index (χ0n) is 13.0. The molecule has 1 unspecified atom stereocenters. The van der Waals surface area contributed by atoms with Gasteiger partial charge < -0.3 is 15.1 Å². The van der Waals surface area contributed by atoms with Gasteiger partial charge in [-0.25, -0.2) is 19.3 Å². The summed E-state index contributed by atoms with van der Waals surface area (Å²) in [4.78, 5) is 16.5. The van der Waals surface area contributed by atoms with E-state index < -0.39 is 0 Å². The van der Waals surface area contributed by atoms with Gasteiger partial charge in [0, 0.05) is 50.0 Å². The Hall–Kier alpha value is -1.96. The third kappa shape index (κ3) is 3.69. The van der Waals surface area contributed by atoms with Gasteiger partial charge in [0.15, 0.2) is 11.6 Å². The molecule has 23 heavy (non-hydrogen) atoms. The zero-order chi connectivity index (χ0) is 16.4. The highest BCUT2D eigenvalue weighted by molar-refractivity contribution is 9.10. The second-order valence-corrected chi connectivity index (χ2v) is 6.61. The number of pyridine rings is 1. The number of rotatable bonds is 4. The topological polar surface area (TPSA) is 57.2 Å². The molecule has 0 spiro atoms. The standard InChI is InChI=1S/C15H18BrFN6/c1-22(2)14-6-13(19-9-20-14)21-11-3-4-23(8-11)15-12(17)5-10(16)7-18-15/h5-7,9,11H,3-4,8H2,1-2H3,(H,19,20,21). The number of hydrogen-bond acceptors (Lipinski definition) is 6. The van der Waals surface area contributed by atoms with Crippen LogP contribution in [0.15, 0.2) is 29.1 Å². The average molecular weight is 381 g/mol. The molecule has 3 rings (SSSR count). The van der Waals surface area contributed by atoms with Crippen LogP contribution < -0.4 is 15.1 Å². The van der Waals surface area contributed by atoms with E-state index in [9.17, 15) is 4.39 Å². The molecule has 1 aliphatic heterocycles. The van der Waals surface area contributed by atoms with Crippen LogP contribution in [-0.2, 0) is 0 Å². The van der Waals surface area contributed by atoms with Crippen molar-refractivity contribution in [1.29, 1.82) is 0 Å². The Kier molecular flexibility index (Phi) is 4.61. The Morgan fingerprint density at radius 3 is 2.87 bits per heavy atom. The molecule has 6 nitrogen and oxygen atoms in total. The lowest BCUT2D eigenvalue weighted by molar-refractivity contribution is 0.614. The monoisotopic (exact) mass is 380 g/mol. The Morgan fingerprint density at radius 2 is 2.13 bits per heavy atom. The van der Waals surface area contributed by atoms with E-state index in [1.165, 1.54) is 6.07 Å². The predicted molar refractivity (Wildman–Crippen MR) is 92.5 cm³/mol. The fourth-order valence-corrected chi connectivity index (χ4v) is 2.89.